The minimum absolute atomic E-state index is 0.0307. The quantitative estimate of drug-likeness (QED) is 0.703. The first kappa shape index (κ1) is 16.2. The van der Waals surface area contributed by atoms with Crippen LogP contribution in [0.5, 0.6) is 0 Å². The van der Waals surface area contributed by atoms with E-state index in [0.717, 1.165) is 38.5 Å². The molecule has 120 valence electrons. The van der Waals surface area contributed by atoms with Gasteiger partial charge < -0.3 is 19.7 Å². The molecule has 0 aromatic heterocycles. The van der Waals surface area contributed by atoms with Crippen molar-refractivity contribution in [3.63, 3.8) is 0 Å². The zero-order valence-corrected chi connectivity index (χ0v) is 12.9. The molecule has 0 bridgehead atoms. The Morgan fingerprint density at radius 3 is 2.62 bits per heavy atom. The summed E-state index contributed by atoms with van der Waals surface area (Å²) in [6.45, 7) is 2.49. The SMILES string of the molecule is COCCOCCCN1CC(=O)NC2(CCCCC2)C1=O. The molecule has 1 heterocycles. The summed E-state index contributed by atoms with van der Waals surface area (Å²) in [6, 6.07) is 0. The van der Waals surface area contributed by atoms with E-state index in [2.05, 4.69) is 5.32 Å². The van der Waals surface area contributed by atoms with Gasteiger partial charge >= 0.3 is 0 Å². The molecule has 1 spiro atoms. The van der Waals surface area contributed by atoms with Gasteiger partial charge in [0.05, 0.1) is 19.8 Å². The van der Waals surface area contributed by atoms with E-state index in [1.165, 1.54) is 0 Å². The van der Waals surface area contributed by atoms with E-state index in [1.807, 2.05) is 0 Å². The number of hydrogen-bond donors (Lipinski definition) is 1. The number of nitrogens with one attached hydrogen (secondary N) is 1. The lowest BCUT2D eigenvalue weighted by Gasteiger charge is -2.44. The molecule has 1 saturated heterocycles. The summed E-state index contributed by atoms with van der Waals surface area (Å²) < 4.78 is 10.3. The standard InChI is InChI=1S/C15H26N2O4/c1-20-10-11-21-9-5-8-17-12-13(18)16-15(14(17)19)6-3-2-4-7-15/h2-12H2,1H3,(H,16,18). The fraction of sp³-hybridized carbons (Fsp3) is 0.867. The normalized spacial score (nSPS) is 21.7. The van der Waals surface area contributed by atoms with Crippen LogP contribution in [0.2, 0.25) is 0 Å². The summed E-state index contributed by atoms with van der Waals surface area (Å²) in [5.74, 6) is 0.0653. The Bertz CT molecular complexity index is 367. The maximum Gasteiger partial charge on any atom is 0.248 e. The van der Waals surface area contributed by atoms with Crippen LogP contribution in [0.4, 0.5) is 0 Å². The van der Waals surface area contributed by atoms with Gasteiger partial charge in [0.15, 0.2) is 0 Å². The second-order valence-electron chi connectivity index (χ2n) is 5.88. The van der Waals surface area contributed by atoms with Crippen molar-refractivity contribution in [2.45, 2.75) is 44.1 Å². The number of piperazine rings is 1. The maximum atomic E-state index is 12.7. The number of amides is 2. The zero-order chi connectivity index (χ0) is 15.1. The molecule has 0 aromatic carbocycles. The molecule has 0 atom stereocenters. The highest BCUT2D eigenvalue weighted by atomic mass is 16.5. The van der Waals surface area contributed by atoms with Gasteiger partial charge in [-0.3, -0.25) is 9.59 Å². The van der Waals surface area contributed by atoms with Crippen molar-refractivity contribution < 1.29 is 19.1 Å². The van der Waals surface area contributed by atoms with Crippen molar-refractivity contribution in [1.82, 2.24) is 10.2 Å². The Hall–Kier alpha value is -1.14. The molecule has 2 aliphatic rings. The molecule has 2 amide bonds. The second kappa shape index (κ2) is 7.75. The molecular formula is C15H26N2O4. The van der Waals surface area contributed by atoms with Crippen LogP contribution in [0.1, 0.15) is 38.5 Å². The smallest absolute Gasteiger partial charge is 0.248 e. The molecule has 21 heavy (non-hydrogen) atoms. The third kappa shape index (κ3) is 4.17. The van der Waals surface area contributed by atoms with Gasteiger partial charge in [0.25, 0.3) is 0 Å². The van der Waals surface area contributed by atoms with Crippen molar-refractivity contribution in [2.24, 2.45) is 0 Å². The topological polar surface area (TPSA) is 67.9 Å². The number of carbonyl (C=O) groups excluding carboxylic acids is 2. The number of carbonyl (C=O) groups is 2. The summed E-state index contributed by atoms with van der Waals surface area (Å²) in [5.41, 5.74) is -0.621. The number of hydrogen-bond acceptors (Lipinski definition) is 4. The molecule has 0 radical (unpaired) electrons. The van der Waals surface area contributed by atoms with E-state index >= 15 is 0 Å². The number of ether oxygens (including phenoxy) is 2. The van der Waals surface area contributed by atoms with E-state index in [1.54, 1.807) is 12.0 Å². The van der Waals surface area contributed by atoms with Crippen LogP contribution in [0.25, 0.3) is 0 Å². The molecule has 1 aliphatic carbocycles. The van der Waals surface area contributed by atoms with Gasteiger partial charge in [-0.1, -0.05) is 19.3 Å². The largest absolute Gasteiger partial charge is 0.382 e. The van der Waals surface area contributed by atoms with E-state index < -0.39 is 5.54 Å². The van der Waals surface area contributed by atoms with E-state index in [4.69, 9.17) is 9.47 Å². The monoisotopic (exact) mass is 298 g/mol. The van der Waals surface area contributed by atoms with Crippen LogP contribution in [0.3, 0.4) is 0 Å². The lowest BCUT2D eigenvalue weighted by molar-refractivity contribution is -0.151. The molecular weight excluding hydrogens is 272 g/mol. The molecule has 1 N–H and O–H groups in total. The average molecular weight is 298 g/mol. The van der Waals surface area contributed by atoms with Crippen LogP contribution >= 0.6 is 0 Å². The third-order valence-corrected chi connectivity index (χ3v) is 4.27. The summed E-state index contributed by atoms with van der Waals surface area (Å²) in [5, 5.41) is 2.95. The van der Waals surface area contributed by atoms with Crippen LogP contribution in [0, 0.1) is 0 Å². The molecule has 2 fully saturated rings. The van der Waals surface area contributed by atoms with Gasteiger partial charge in [0.1, 0.15) is 5.54 Å². The highest BCUT2D eigenvalue weighted by Crippen LogP contribution is 2.31. The lowest BCUT2D eigenvalue weighted by atomic mass is 9.79. The molecule has 2 rings (SSSR count). The Kier molecular flexibility index (Phi) is 5.99. The molecule has 6 heteroatoms. The molecule has 6 nitrogen and oxygen atoms in total. The Morgan fingerprint density at radius 2 is 1.90 bits per heavy atom. The third-order valence-electron chi connectivity index (χ3n) is 4.27. The van der Waals surface area contributed by atoms with Crippen LogP contribution < -0.4 is 5.32 Å². The Morgan fingerprint density at radius 1 is 1.14 bits per heavy atom. The van der Waals surface area contributed by atoms with E-state index in [9.17, 15) is 9.59 Å². The predicted octanol–water partition coefficient (Wildman–Crippen LogP) is 0.701. The van der Waals surface area contributed by atoms with Gasteiger partial charge in [-0.2, -0.15) is 0 Å². The summed E-state index contributed by atoms with van der Waals surface area (Å²) in [6.07, 6.45) is 5.48. The van der Waals surface area contributed by atoms with Crippen LogP contribution in [-0.4, -0.2) is 62.3 Å². The fourth-order valence-electron chi connectivity index (χ4n) is 3.18. The fourth-order valence-corrected chi connectivity index (χ4v) is 3.18. The Balaban J connectivity index is 1.81. The number of nitrogens with zero attached hydrogens (tertiary/aromatic N) is 1. The van der Waals surface area contributed by atoms with Crippen molar-refractivity contribution in [3.05, 3.63) is 0 Å². The van der Waals surface area contributed by atoms with Gasteiger partial charge in [-0.05, 0) is 19.3 Å². The van der Waals surface area contributed by atoms with E-state index in [0.29, 0.717) is 26.4 Å². The van der Waals surface area contributed by atoms with Crippen LogP contribution in [-0.2, 0) is 19.1 Å². The minimum Gasteiger partial charge on any atom is -0.382 e. The highest BCUT2D eigenvalue weighted by Gasteiger charge is 2.46. The van der Waals surface area contributed by atoms with Crippen LogP contribution in [0.15, 0.2) is 0 Å². The van der Waals surface area contributed by atoms with Gasteiger partial charge in [-0.15, -0.1) is 0 Å². The molecule has 1 aliphatic heterocycles. The average Bonchev–Trinajstić information content (AvgIpc) is 2.48. The number of methoxy groups -OCH3 is 1. The highest BCUT2D eigenvalue weighted by molar-refractivity contribution is 5.98. The van der Waals surface area contributed by atoms with Crippen molar-refractivity contribution in [2.75, 3.05) is 40.0 Å². The van der Waals surface area contributed by atoms with Gasteiger partial charge in [0.2, 0.25) is 11.8 Å². The molecule has 0 unspecified atom stereocenters. The van der Waals surface area contributed by atoms with Gasteiger partial charge in [0, 0.05) is 20.3 Å². The first-order valence-corrected chi connectivity index (χ1v) is 7.85. The van der Waals surface area contributed by atoms with Crippen molar-refractivity contribution in [3.8, 4) is 0 Å². The second-order valence-corrected chi connectivity index (χ2v) is 5.88. The summed E-state index contributed by atoms with van der Waals surface area (Å²) in [4.78, 5) is 26.3. The first-order valence-electron chi connectivity index (χ1n) is 7.85. The van der Waals surface area contributed by atoms with Crippen molar-refractivity contribution in [1.29, 1.82) is 0 Å². The lowest BCUT2D eigenvalue weighted by Crippen LogP contribution is -2.67. The zero-order valence-electron chi connectivity index (χ0n) is 12.9. The van der Waals surface area contributed by atoms with Gasteiger partial charge in [-0.25, -0.2) is 0 Å². The van der Waals surface area contributed by atoms with Crippen molar-refractivity contribution >= 4 is 11.8 Å². The minimum atomic E-state index is -0.621. The number of rotatable bonds is 7. The molecule has 1 saturated carbocycles. The first-order chi connectivity index (χ1) is 10.2. The maximum absolute atomic E-state index is 12.7. The van der Waals surface area contributed by atoms with E-state index in [-0.39, 0.29) is 18.4 Å². The predicted molar refractivity (Wildman–Crippen MR) is 77.9 cm³/mol. The molecule has 0 aromatic rings. The summed E-state index contributed by atoms with van der Waals surface area (Å²) >= 11 is 0. The summed E-state index contributed by atoms with van der Waals surface area (Å²) in [7, 11) is 1.64. The Labute approximate surface area is 126 Å².